The maximum absolute atomic E-state index is 13.3. The summed E-state index contributed by atoms with van der Waals surface area (Å²) in [4.78, 5) is 20.1. The molecule has 1 amide bonds. The number of aliphatic hydroxyl groups is 1. The van der Waals surface area contributed by atoms with Crippen LogP contribution in [0.1, 0.15) is 23.3 Å². The lowest BCUT2D eigenvalue weighted by Crippen LogP contribution is -2.56. The Morgan fingerprint density at radius 1 is 1.44 bits per heavy atom. The van der Waals surface area contributed by atoms with Crippen molar-refractivity contribution < 1.29 is 23.4 Å². The molecule has 0 spiro atoms. The number of anilines is 1. The molecule has 1 aromatic rings. The molecule has 1 saturated carbocycles. The summed E-state index contributed by atoms with van der Waals surface area (Å²) >= 11 is 1.50. The van der Waals surface area contributed by atoms with Crippen LogP contribution in [0, 0.1) is 5.92 Å². The highest BCUT2D eigenvalue weighted by atomic mass is 32.2. The molecule has 3 N–H and O–H groups in total. The number of halogens is 2. The molecule has 0 bridgehead atoms. The number of aliphatic hydroxyl groups excluding tert-OH is 1. The summed E-state index contributed by atoms with van der Waals surface area (Å²) in [6.45, 7) is -0.302. The molecule has 1 unspecified atom stereocenters. The van der Waals surface area contributed by atoms with Crippen LogP contribution < -0.4 is 15.4 Å². The molecular formula is C17H22F2N4O3S. The summed E-state index contributed by atoms with van der Waals surface area (Å²) in [6.07, 6.45) is 1.03. The molecule has 148 valence electrons. The smallest absolute Gasteiger partial charge is 0.282 e. The first-order chi connectivity index (χ1) is 12.8. The lowest BCUT2D eigenvalue weighted by atomic mass is 10.1. The van der Waals surface area contributed by atoms with Gasteiger partial charge in [0.15, 0.2) is 0 Å². The standard InChI is InChI=1S/C17H22F2N4O3S/c18-17(19)7-22(8-17)12-4-3-11(21-15(12)26-5-10-1-2-10)16(25)23-9-27-6-13(23)14(20)24/h3-4,10,13-14,24H,1-2,5-9,20H2/t13-,14?/m0/s1. The van der Waals surface area contributed by atoms with Crippen molar-refractivity contribution >= 4 is 23.4 Å². The van der Waals surface area contributed by atoms with Gasteiger partial charge in [-0.15, -0.1) is 11.8 Å². The number of carbonyl (C=O) groups is 1. The minimum atomic E-state index is -2.71. The second-order valence-corrected chi connectivity index (χ2v) is 8.32. The Morgan fingerprint density at radius 2 is 2.19 bits per heavy atom. The number of amides is 1. The number of pyridine rings is 1. The van der Waals surface area contributed by atoms with Gasteiger partial charge in [-0.3, -0.25) is 4.79 Å². The second kappa shape index (κ2) is 7.06. The number of thioether (sulfide) groups is 1. The first kappa shape index (κ1) is 18.7. The fourth-order valence-electron chi connectivity index (χ4n) is 3.16. The molecule has 2 aliphatic heterocycles. The molecule has 7 nitrogen and oxygen atoms in total. The van der Waals surface area contributed by atoms with Gasteiger partial charge >= 0.3 is 0 Å². The van der Waals surface area contributed by atoms with E-state index in [1.54, 1.807) is 6.07 Å². The molecule has 3 fully saturated rings. The number of hydrogen-bond acceptors (Lipinski definition) is 7. The third-order valence-corrected chi connectivity index (χ3v) is 6.01. The number of hydrogen-bond donors (Lipinski definition) is 2. The van der Waals surface area contributed by atoms with E-state index in [0.29, 0.717) is 29.8 Å². The van der Waals surface area contributed by atoms with E-state index >= 15 is 0 Å². The van der Waals surface area contributed by atoms with Gasteiger partial charge in [0, 0.05) is 5.75 Å². The molecule has 2 atom stereocenters. The molecule has 27 heavy (non-hydrogen) atoms. The number of nitrogens with zero attached hydrogens (tertiary/aromatic N) is 3. The quantitative estimate of drug-likeness (QED) is 0.692. The Morgan fingerprint density at radius 3 is 2.81 bits per heavy atom. The number of alkyl halides is 2. The maximum Gasteiger partial charge on any atom is 0.282 e. The van der Waals surface area contributed by atoms with Crippen LogP contribution in [0.2, 0.25) is 0 Å². The zero-order chi connectivity index (χ0) is 19.2. The van der Waals surface area contributed by atoms with Crippen LogP contribution in [0.25, 0.3) is 0 Å². The first-order valence-corrected chi connectivity index (χ1v) is 10.1. The molecule has 3 heterocycles. The normalized spacial score (nSPS) is 25.3. The van der Waals surface area contributed by atoms with Crippen LogP contribution in [-0.4, -0.2) is 70.4 Å². The highest BCUT2D eigenvalue weighted by Gasteiger charge is 2.45. The maximum atomic E-state index is 13.3. The van der Waals surface area contributed by atoms with E-state index in [1.807, 2.05) is 0 Å². The van der Waals surface area contributed by atoms with E-state index in [9.17, 15) is 18.7 Å². The van der Waals surface area contributed by atoms with Gasteiger partial charge in [-0.1, -0.05) is 0 Å². The van der Waals surface area contributed by atoms with Crippen molar-refractivity contribution in [3.8, 4) is 5.88 Å². The summed E-state index contributed by atoms with van der Waals surface area (Å²) in [6, 6.07) is 2.64. The van der Waals surface area contributed by atoms with Gasteiger partial charge in [-0.05, 0) is 30.9 Å². The van der Waals surface area contributed by atoms with Gasteiger partial charge in [-0.25, -0.2) is 13.8 Å². The molecule has 0 aromatic carbocycles. The Kier molecular flexibility index (Phi) is 4.89. The Balaban J connectivity index is 1.55. The average Bonchev–Trinajstić information content (AvgIpc) is 3.30. The van der Waals surface area contributed by atoms with E-state index in [-0.39, 0.29) is 30.6 Å². The topological polar surface area (TPSA) is 91.9 Å². The van der Waals surface area contributed by atoms with Gasteiger partial charge in [0.2, 0.25) is 5.88 Å². The number of aromatic nitrogens is 1. The van der Waals surface area contributed by atoms with Gasteiger partial charge < -0.3 is 25.4 Å². The summed E-state index contributed by atoms with van der Waals surface area (Å²) in [5.74, 6) is -1.43. The highest BCUT2D eigenvalue weighted by molar-refractivity contribution is 7.99. The summed E-state index contributed by atoms with van der Waals surface area (Å²) in [5.41, 5.74) is 6.20. The number of rotatable bonds is 6. The van der Waals surface area contributed by atoms with Gasteiger partial charge in [0.25, 0.3) is 11.8 Å². The number of ether oxygens (including phenoxy) is 1. The van der Waals surface area contributed by atoms with Crippen molar-refractivity contribution in [3.05, 3.63) is 17.8 Å². The number of nitrogens with two attached hydrogens (primary N) is 1. The predicted octanol–water partition coefficient (Wildman–Crippen LogP) is 1.12. The molecule has 1 aromatic heterocycles. The third kappa shape index (κ3) is 3.97. The van der Waals surface area contributed by atoms with Crippen molar-refractivity contribution in [2.24, 2.45) is 11.7 Å². The minimum Gasteiger partial charge on any atom is -0.476 e. The molecule has 4 rings (SSSR count). The minimum absolute atomic E-state index is 0.157. The molecule has 10 heteroatoms. The lowest BCUT2D eigenvalue weighted by molar-refractivity contribution is -0.0265. The molecule has 2 saturated heterocycles. The van der Waals surface area contributed by atoms with E-state index in [1.165, 1.54) is 27.6 Å². The number of carbonyl (C=O) groups excluding carboxylic acids is 1. The summed E-state index contributed by atoms with van der Waals surface area (Å²) in [7, 11) is 0. The van der Waals surface area contributed by atoms with Crippen LogP contribution >= 0.6 is 11.8 Å². The largest absolute Gasteiger partial charge is 0.476 e. The Bertz CT molecular complexity index is 724. The fraction of sp³-hybridized carbons (Fsp3) is 0.647. The zero-order valence-corrected chi connectivity index (χ0v) is 15.5. The Labute approximate surface area is 159 Å². The van der Waals surface area contributed by atoms with E-state index in [0.717, 1.165) is 12.8 Å². The molecular weight excluding hydrogens is 378 g/mol. The fourth-order valence-corrected chi connectivity index (χ4v) is 4.39. The SMILES string of the molecule is NC(O)[C@@H]1CSCN1C(=O)c1ccc(N2CC(F)(F)C2)c(OCC2CC2)n1. The molecule has 3 aliphatic rings. The van der Waals surface area contributed by atoms with E-state index in [4.69, 9.17) is 10.5 Å². The monoisotopic (exact) mass is 400 g/mol. The van der Waals surface area contributed by atoms with Gasteiger partial charge in [-0.2, -0.15) is 0 Å². The molecule has 1 aliphatic carbocycles. The van der Waals surface area contributed by atoms with E-state index in [2.05, 4.69) is 4.98 Å². The van der Waals surface area contributed by atoms with Crippen LogP contribution in [0.4, 0.5) is 14.5 Å². The van der Waals surface area contributed by atoms with Crippen molar-refractivity contribution in [1.82, 2.24) is 9.88 Å². The van der Waals surface area contributed by atoms with Crippen molar-refractivity contribution in [1.29, 1.82) is 0 Å². The second-order valence-electron chi connectivity index (χ2n) is 7.32. The van der Waals surface area contributed by atoms with Crippen molar-refractivity contribution in [2.75, 3.05) is 36.2 Å². The highest BCUT2D eigenvalue weighted by Crippen LogP contribution is 2.38. The summed E-state index contributed by atoms with van der Waals surface area (Å²) < 4.78 is 32.3. The lowest BCUT2D eigenvalue weighted by Gasteiger charge is -2.40. The predicted molar refractivity (Wildman–Crippen MR) is 97.1 cm³/mol. The van der Waals surface area contributed by atoms with Gasteiger partial charge in [0.05, 0.1) is 31.6 Å². The van der Waals surface area contributed by atoms with Crippen LogP contribution in [0.3, 0.4) is 0 Å². The van der Waals surface area contributed by atoms with Crippen LogP contribution in [0.5, 0.6) is 5.88 Å². The summed E-state index contributed by atoms with van der Waals surface area (Å²) in [5, 5.41) is 9.68. The average molecular weight is 400 g/mol. The van der Waals surface area contributed by atoms with Gasteiger partial charge in [0.1, 0.15) is 17.6 Å². The van der Waals surface area contributed by atoms with Crippen LogP contribution in [0.15, 0.2) is 12.1 Å². The van der Waals surface area contributed by atoms with Crippen molar-refractivity contribution in [2.45, 2.75) is 31.0 Å². The Hall–Kier alpha value is -1.65. The molecule has 0 radical (unpaired) electrons. The third-order valence-electron chi connectivity index (χ3n) is 4.97. The van der Waals surface area contributed by atoms with E-state index < -0.39 is 18.2 Å². The first-order valence-electron chi connectivity index (χ1n) is 8.93. The van der Waals surface area contributed by atoms with Crippen LogP contribution in [-0.2, 0) is 0 Å². The van der Waals surface area contributed by atoms with Crippen molar-refractivity contribution in [3.63, 3.8) is 0 Å². The zero-order valence-electron chi connectivity index (χ0n) is 14.7.